The lowest BCUT2D eigenvalue weighted by molar-refractivity contribution is -0.132. The van der Waals surface area contributed by atoms with E-state index in [0.717, 1.165) is 25.2 Å². The third kappa shape index (κ3) is 5.20. The highest BCUT2D eigenvalue weighted by Crippen LogP contribution is 2.26. The van der Waals surface area contributed by atoms with E-state index in [1.54, 1.807) is 12.3 Å². The molecule has 7 nitrogen and oxygen atoms in total. The fourth-order valence-corrected chi connectivity index (χ4v) is 5.47. The van der Waals surface area contributed by atoms with Gasteiger partial charge in [-0.25, -0.2) is 14.5 Å². The number of thioether (sulfide) groups is 1. The number of hydrogen-bond donors (Lipinski definition) is 0. The van der Waals surface area contributed by atoms with Crippen LogP contribution in [0.4, 0.5) is 0 Å². The Morgan fingerprint density at radius 3 is 2.47 bits per heavy atom. The Hall–Kier alpha value is -3.49. The van der Waals surface area contributed by atoms with Crippen molar-refractivity contribution in [2.24, 2.45) is 0 Å². The number of hydrogen-bond acceptors (Lipinski definition) is 6. The number of para-hydroxylation sites is 1. The molecule has 1 fully saturated rings. The molecule has 1 amide bonds. The molecule has 0 bridgehead atoms. The lowest BCUT2D eigenvalue weighted by Crippen LogP contribution is -2.50. The minimum atomic E-state index is -0.394. The van der Waals surface area contributed by atoms with Crippen LogP contribution in [-0.2, 0) is 11.3 Å². The van der Waals surface area contributed by atoms with Crippen molar-refractivity contribution in [3.8, 4) is 5.82 Å². The van der Waals surface area contributed by atoms with E-state index in [4.69, 9.17) is 4.98 Å². The van der Waals surface area contributed by atoms with E-state index in [2.05, 4.69) is 34.1 Å². The highest BCUT2D eigenvalue weighted by atomic mass is 32.2. The number of pyridine rings is 1. The zero-order valence-corrected chi connectivity index (χ0v) is 21.3. The van der Waals surface area contributed by atoms with Crippen LogP contribution in [0.25, 0.3) is 16.7 Å². The maximum Gasteiger partial charge on any atom is 0.267 e. The third-order valence-corrected chi connectivity index (χ3v) is 7.48. The van der Waals surface area contributed by atoms with Crippen molar-refractivity contribution in [2.75, 3.05) is 26.2 Å². The van der Waals surface area contributed by atoms with Gasteiger partial charge in [-0.3, -0.25) is 14.5 Å². The Bertz CT molecular complexity index is 1430. The van der Waals surface area contributed by atoms with E-state index in [1.807, 2.05) is 55.1 Å². The van der Waals surface area contributed by atoms with Crippen LogP contribution in [0, 0.1) is 6.92 Å². The Kier molecular flexibility index (Phi) is 7.16. The van der Waals surface area contributed by atoms with Crippen LogP contribution < -0.4 is 5.56 Å². The van der Waals surface area contributed by atoms with Crippen molar-refractivity contribution in [3.05, 3.63) is 94.4 Å². The molecule has 1 unspecified atom stereocenters. The maximum atomic E-state index is 13.5. The molecular weight excluding hydrogens is 470 g/mol. The molecule has 1 atom stereocenters. The highest BCUT2D eigenvalue weighted by Gasteiger charge is 2.27. The van der Waals surface area contributed by atoms with E-state index in [1.165, 1.54) is 21.9 Å². The number of nitrogens with zero attached hydrogens (tertiary/aromatic N) is 5. The third-order valence-electron chi connectivity index (χ3n) is 6.44. The van der Waals surface area contributed by atoms with E-state index >= 15 is 0 Å². The molecule has 0 spiro atoms. The first-order valence-corrected chi connectivity index (χ1v) is 13.0. The summed E-state index contributed by atoms with van der Waals surface area (Å²) in [5.41, 5.74) is 2.71. The molecule has 1 saturated heterocycles. The molecule has 1 aliphatic heterocycles. The molecule has 5 rings (SSSR count). The number of fused-ring (bicyclic) bond motifs is 1. The van der Waals surface area contributed by atoms with Crippen molar-refractivity contribution in [1.29, 1.82) is 0 Å². The number of amides is 1. The molecule has 2 aromatic carbocycles. The summed E-state index contributed by atoms with van der Waals surface area (Å²) in [6.07, 6.45) is 1.68. The number of rotatable bonds is 6. The molecule has 8 heteroatoms. The lowest BCUT2D eigenvalue weighted by Gasteiger charge is -2.35. The molecule has 36 heavy (non-hydrogen) atoms. The van der Waals surface area contributed by atoms with Gasteiger partial charge >= 0.3 is 0 Å². The molecule has 3 heterocycles. The smallest absolute Gasteiger partial charge is 0.267 e. The number of benzene rings is 2. The molecule has 184 valence electrons. The number of piperazine rings is 1. The summed E-state index contributed by atoms with van der Waals surface area (Å²) in [5.74, 6) is 0.570. The van der Waals surface area contributed by atoms with E-state index in [-0.39, 0.29) is 11.5 Å². The predicted molar refractivity (Wildman–Crippen MR) is 143 cm³/mol. The quantitative estimate of drug-likeness (QED) is 0.296. The number of carbonyl (C=O) groups excluding carboxylic acids is 1. The first-order valence-electron chi connectivity index (χ1n) is 12.2. The molecule has 1 aliphatic rings. The molecule has 0 saturated carbocycles. The summed E-state index contributed by atoms with van der Waals surface area (Å²) >= 11 is 1.31. The summed E-state index contributed by atoms with van der Waals surface area (Å²) in [7, 11) is 0. The van der Waals surface area contributed by atoms with Crippen LogP contribution in [0.15, 0.2) is 82.9 Å². The van der Waals surface area contributed by atoms with Crippen LogP contribution in [0.5, 0.6) is 0 Å². The van der Waals surface area contributed by atoms with Gasteiger partial charge < -0.3 is 4.90 Å². The topological polar surface area (TPSA) is 71.3 Å². The van der Waals surface area contributed by atoms with Crippen LogP contribution in [-0.4, -0.2) is 61.7 Å². The summed E-state index contributed by atoms with van der Waals surface area (Å²) in [6, 6.07) is 21.4. The van der Waals surface area contributed by atoms with Gasteiger partial charge in [0.05, 0.1) is 16.2 Å². The standard InChI is InChI=1S/C28H29N5O2S/c1-20-12-13-29-25(18-20)33-27(35)23-10-6-7-11-24(23)30-28(33)36-21(2)26(34)32-16-14-31(15-17-32)19-22-8-4-3-5-9-22/h3-13,18,21H,14-17,19H2,1-2H3. The Balaban J connectivity index is 1.34. The number of carbonyl (C=O) groups is 1. The van der Waals surface area contributed by atoms with Gasteiger partial charge in [-0.15, -0.1) is 0 Å². The molecule has 0 aliphatic carbocycles. The van der Waals surface area contributed by atoms with E-state index in [0.29, 0.717) is 35.0 Å². The average Bonchev–Trinajstić information content (AvgIpc) is 2.89. The maximum absolute atomic E-state index is 13.5. The minimum Gasteiger partial charge on any atom is -0.339 e. The van der Waals surface area contributed by atoms with Gasteiger partial charge in [-0.05, 0) is 49.2 Å². The zero-order valence-electron chi connectivity index (χ0n) is 20.5. The molecule has 0 N–H and O–H groups in total. The van der Waals surface area contributed by atoms with Gasteiger partial charge in [-0.2, -0.15) is 0 Å². The fourth-order valence-electron chi connectivity index (χ4n) is 4.47. The SMILES string of the molecule is Cc1ccnc(-n2c(SC(C)C(=O)N3CCN(Cc4ccccc4)CC3)nc3ccccc3c2=O)c1. The summed E-state index contributed by atoms with van der Waals surface area (Å²) in [4.78, 5) is 40.4. The minimum absolute atomic E-state index is 0.0607. The van der Waals surface area contributed by atoms with Crippen LogP contribution in [0.2, 0.25) is 0 Å². The summed E-state index contributed by atoms with van der Waals surface area (Å²) in [5, 5.41) is 0.605. The molecule has 2 aromatic heterocycles. The zero-order chi connectivity index (χ0) is 25.1. The van der Waals surface area contributed by atoms with Gasteiger partial charge in [-0.1, -0.05) is 54.2 Å². The van der Waals surface area contributed by atoms with Crippen LogP contribution in [0.3, 0.4) is 0 Å². The summed E-state index contributed by atoms with van der Waals surface area (Å²) in [6.45, 7) is 7.79. The second-order valence-electron chi connectivity index (χ2n) is 9.09. The van der Waals surface area contributed by atoms with Crippen LogP contribution >= 0.6 is 11.8 Å². The van der Waals surface area contributed by atoms with Gasteiger partial charge in [0.1, 0.15) is 5.82 Å². The van der Waals surface area contributed by atoms with Gasteiger partial charge in [0.2, 0.25) is 5.91 Å². The van der Waals surface area contributed by atoms with Crippen LogP contribution in [0.1, 0.15) is 18.1 Å². The molecule has 0 radical (unpaired) electrons. The second-order valence-corrected chi connectivity index (χ2v) is 10.4. The van der Waals surface area contributed by atoms with E-state index < -0.39 is 5.25 Å². The number of aryl methyl sites for hydroxylation is 1. The van der Waals surface area contributed by atoms with Crippen molar-refractivity contribution < 1.29 is 4.79 Å². The Morgan fingerprint density at radius 2 is 1.72 bits per heavy atom. The largest absolute Gasteiger partial charge is 0.339 e. The van der Waals surface area contributed by atoms with Crippen molar-refractivity contribution in [1.82, 2.24) is 24.3 Å². The van der Waals surface area contributed by atoms with Crippen molar-refractivity contribution in [3.63, 3.8) is 0 Å². The first kappa shape index (κ1) is 24.2. The van der Waals surface area contributed by atoms with E-state index in [9.17, 15) is 9.59 Å². The average molecular weight is 500 g/mol. The summed E-state index contributed by atoms with van der Waals surface area (Å²) < 4.78 is 1.53. The monoisotopic (exact) mass is 499 g/mol. The molecular formula is C28H29N5O2S. The second kappa shape index (κ2) is 10.6. The Morgan fingerprint density at radius 1 is 1.00 bits per heavy atom. The normalized spacial score (nSPS) is 15.2. The van der Waals surface area contributed by atoms with Crippen molar-refractivity contribution in [2.45, 2.75) is 30.8 Å². The predicted octanol–water partition coefficient (Wildman–Crippen LogP) is 3.91. The number of aromatic nitrogens is 3. The van der Waals surface area contributed by atoms with Gasteiger partial charge in [0, 0.05) is 38.9 Å². The Labute approximate surface area is 214 Å². The molecule has 4 aromatic rings. The van der Waals surface area contributed by atoms with Gasteiger partial charge in [0.15, 0.2) is 5.16 Å². The first-order chi connectivity index (χ1) is 17.5. The highest BCUT2D eigenvalue weighted by molar-refractivity contribution is 8.00. The lowest BCUT2D eigenvalue weighted by atomic mass is 10.2. The van der Waals surface area contributed by atoms with Crippen molar-refractivity contribution >= 4 is 28.6 Å². The fraction of sp³-hybridized carbons (Fsp3) is 0.286. The van der Waals surface area contributed by atoms with Gasteiger partial charge in [0.25, 0.3) is 5.56 Å².